The number of aromatic carboxylic acids is 1. The lowest BCUT2D eigenvalue weighted by Gasteiger charge is -2.26. The third-order valence-electron chi connectivity index (χ3n) is 3.60. The molecule has 2 unspecified atom stereocenters. The van der Waals surface area contributed by atoms with Crippen molar-refractivity contribution in [1.29, 1.82) is 0 Å². The Bertz CT molecular complexity index is 478. The van der Waals surface area contributed by atoms with E-state index in [0.717, 1.165) is 18.6 Å². The van der Waals surface area contributed by atoms with Gasteiger partial charge in [-0.3, -0.25) is 4.90 Å². The van der Waals surface area contributed by atoms with Gasteiger partial charge in [0.15, 0.2) is 0 Å². The number of carboxylic acid groups (broad SMARTS) is 1. The molecule has 1 aromatic carbocycles. The van der Waals surface area contributed by atoms with Gasteiger partial charge in [0.1, 0.15) is 5.82 Å². The average Bonchev–Trinajstić information content (AvgIpc) is 2.77. The largest absolute Gasteiger partial charge is 0.478 e. The van der Waals surface area contributed by atoms with E-state index in [1.807, 2.05) is 14.0 Å². The van der Waals surface area contributed by atoms with Gasteiger partial charge in [-0.1, -0.05) is 6.07 Å². The first kappa shape index (κ1) is 14.0. The minimum atomic E-state index is -1.24. The van der Waals surface area contributed by atoms with Crippen molar-refractivity contribution >= 4 is 5.97 Å². The number of nitrogens with zero attached hydrogens (tertiary/aromatic N) is 1. The van der Waals surface area contributed by atoms with E-state index >= 15 is 0 Å². The van der Waals surface area contributed by atoms with Crippen LogP contribution >= 0.6 is 0 Å². The highest BCUT2D eigenvalue weighted by Crippen LogP contribution is 2.20. The molecule has 0 aliphatic carbocycles. The van der Waals surface area contributed by atoms with Crippen molar-refractivity contribution in [2.24, 2.45) is 0 Å². The molecule has 1 N–H and O–H groups in total. The summed E-state index contributed by atoms with van der Waals surface area (Å²) >= 11 is 0. The summed E-state index contributed by atoms with van der Waals surface area (Å²) in [4.78, 5) is 13.0. The van der Waals surface area contributed by atoms with Crippen molar-refractivity contribution in [2.75, 3.05) is 13.7 Å². The molecule has 0 amide bonds. The van der Waals surface area contributed by atoms with Gasteiger partial charge in [-0.2, -0.15) is 0 Å². The summed E-state index contributed by atoms with van der Waals surface area (Å²) in [5, 5.41) is 8.90. The molecule has 1 fully saturated rings. The molecule has 4 nitrogen and oxygen atoms in total. The lowest BCUT2D eigenvalue weighted by molar-refractivity contribution is 0.0690. The molecular weight excluding hydrogens is 249 g/mol. The maximum atomic E-state index is 13.3. The van der Waals surface area contributed by atoms with Crippen LogP contribution in [0.15, 0.2) is 18.2 Å². The Hall–Kier alpha value is -1.46. The molecule has 1 aliphatic heterocycles. The summed E-state index contributed by atoms with van der Waals surface area (Å²) in [6.45, 7) is 3.36. The Morgan fingerprint density at radius 2 is 2.32 bits per heavy atom. The van der Waals surface area contributed by atoms with Crippen molar-refractivity contribution in [3.63, 3.8) is 0 Å². The van der Waals surface area contributed by atoms with Gasteiger partial charge in [-0.25, -0.2) is 9.18 Å². The van der Waals surface area contributed by atoms with Gasteiger partial charge in [0.25, 0.3) is 0 Å². The Morgan fingerprint density at radius 1 is 1.58 bits per heavy atom. The molecule has 2 rings (SSSR count). The Balaban J connectivity index is 2.10. The molecule has 0 spiro atoms. The van der Waals surface area contributed by atoms with E-state index in [1.165, 1.54) is 12.1 Å². The van der Waals surface area contributed by atoms with Crippen LogP contribution in [0.1, 0.15) is 29.3 Å². The topological polar surface area (TPSA) is 49.8 Å². The number of carboxylic acids is 1. The van der Waals surface area contributed by atoms with Crippen LogP contribution in [0.3, 0.4) is 0 Å². The number of hydrogen-bond acceptors (Lipinski definition) is 3. The molecular formula is C14H18FNO3. The summed E-state index contributed by atoms with van der Waals surface area (Å²) in [6.07, 6.45) is 1.13. The Morgan fingerprint density at radius 3 is 2.89 bits per heavy atom. The van der Waals surface area contributed by atoms with Crippen molar-refractivity contribution in [3.8, 4) is 0 Å². The van der Waals surface area contributed by atoms with Crippen LogP contribution in [-0.4, -0.2) is 41.8 Å². The van der Waals surface area contributed by atoms with Crippen molar-refractivity contribution in [3.05, 3.63) is 35.1 Å². The Kier molecular flexibility index (Phi) is 4.17. The summed E-state index contributed by atoms with van der Waals surface area (Å²) in [5.41, 5.74) is 0.516. The molecule has 0 saturated carbocycles. The molecule has 19 heavy (non-hydrogen) atoms. The van der Waals surface area contributed by atoms with E-state index in [2.05, 4.69) is 4.90 Å². The van der Waals surface area contributed by atoms with Gasteiger partial charge < -0.3 is 9.84 Å². The first-order valence-electron chi connectivity index (χ1n) is 6.32. The van der Waals surface area contributed by atoms with Crippen LogP contribution < -0.4 is 0 Å². The van der Waals surface area contributed by atoms with Crippen molar-refractivity contribution < 1.29 is 19.0 Å². The molecule has 1 aliphatic rings. The van der Waals surface area contributed by atoms with Gasteiger partial charge in [-0.15, -0.1) is 0 Å². The van der Waals surface area contributed by atoms with Crippen molar-refractivity contribution in [1.82, 2.24) is 4.90 Å². The smallest absolute Gasteiger partial charge is 0.338 e. The molecule has 1 heterocycles. The monoisotopic (exact) mass is 267 g/mol. The number of hydrogen-bond donors (Lipinski definition) is 1. The Labute approximate surface area is 111 Å². The molecule has 0 bridgehead atoms. The maximum absolute atomic E-state index is 13.3. The van der Waals surface area contributed by atoms with Gasteiger partial charge in [-0.05, 0) is 38.1 Å². The van der Waals surface area contributed by atoms with Crippen molar-refractivity contribution in [2.45, 2.75) is 32.0 Å². The number of halogens is 1. The normalized spacial score (nSPS) is 22.9. The predicted octanol–water partition coefficient (Wildman–Crippen LogP) is 2.13. The summed E-state index contributed by atoms with van der Waals surface area (Å²) < 4.78 is 18.8. The third kappa shape index (κ3) is 3.11. The zero-order valence-corrected chi connectivity index (χ0v) is 11.1. The van der Waals surface area contributed by atoms with Crippen LogP contribution in [0.5, 0.6) is 0 Å². The molecule has 0 radical (unpaired) electrons. The van der Waals surface area contributed by atoms with Crippen LogP contribution in [0, 0.1) is 5.82 Å². The lowest BCUT2D eigenvalue weighted by Crippen LogP contribution is -2.36. The van der Waals surface area contributed by atoms with Crippen LogP contribution in [0.2, 0.25) is 0 Å². The minimum Gasteiger partial charge on any atom is -0.478 e. The molecule has 0 aromatic heterocycles. The fourth-order valence-electron chi connectivity index (χ4n) is 2.54. The number of rotatable bonds is 4. The van der Waals surface area contributed by atoms with Crippen LogP contribution in [0.4, 0.5) is 4.39 Å². The highest BCUT2D eigenvalue weighted by Gasteiger charge is 2.27. The minimum absolute atomic E-state index is 0.171. The molecule has 104 valence electrons. The molecule has 1 saturated heterocycles. The van der Waals surface area contributed by atoms with E-state index in [0.29, 0.717) is 12.6 Å². The number of carbonyl (C=O) groups is 1. The molecule has 1 aromatic rings. The zero-order chi connectivity index (χ0) is 14.0. The molecule has 5 heteroatoms. The quantitative estimate of drug-likeness (QED) is 0.908. The fourth-order valence-corrected chi connectivity index (χ4v) is 2.54. The van der Waals surface area contributed by atoms with E-state index in [9.17, 15) is 9.18 Å². The van der Waals surface area contributed by atoms with E-state index in [4.69, 9.17) is 9.84 Å². The van der Waals surface area contributed by atoms with E-state index in [1.54, 1.807) is 6.07 Å². The van der Waals surface area contributed by atoms with Crippen LogP contribution in [0.25, 0.3) is 0 Å². The lowest BCUT2D eigenvalue weighted by atomic mass is 10.1. The second-order valence-electron chi connectivity index (χ2n) is 4.97. The number of ether oxygens (including phenoxy) is 1. The van der Waals surface area contributed by atoms with Crippen LogP contribution in [-0.2, 0) is 11.3 Å². The second kappa shape index (κ2) is 5.67. The first-order chi connectivity index (χ1) is 8.99. The first-order valence-corrected chi connectivity index (χ1v) is 6.32. The fraction of sp³-hybridized carbons (Fsp3) is 0.500. The third-order valence-corrected chi connectivity index (χ3v) is 3.60. The summed E-state index contributed by atoms with van der Waals surface area (Å²) in [7, 11) is 1.97. The predicted molar refractivity (Wildman–Crippen MR) is 68.6 cm³/mol. The standard InChI is InChI=1S/C14H18FNO3/c1-9-13(5-6-19-9)16(2)8-10-3-4-12(15)11(7-10)14(17)18/h3-4,7,9,13H,5-6,8H2,1-2H3,(H,17,18). The second-order valence-corrected chi connectivity index (χ2v) is 4.97. The van der Waals surface area contributed by atoms with E-state index in [-0.39, 0.29) is 11.7 Å². The van der Waals surface area contributed by atoms with Gasteiger partial charge >= 0.3 is 5.97 Å². The highest BCUT2D eigenvalue weighted by molar-refractivity contribution is 5.88. The average molecular weight is 267 g/mol. The summed E-state index contributed by atoms with van der Waals surface area (Å²) in [6, 6.07) is 4.55. The summed E-state index contributed by atoms with van der Waals surface area (Å²) in [5.74, 6) is -1.93. The number of likely N-dealkylation sites (N-methyl/N-ethyl adjacent to an activating group) is 1. The van der Waals surface area contributed by atoms with Gasteiger partial charge in [0, 0.05) is 19.2 Å². The highest BCUT2D eigenvalue weighted by atomic mass is 19.1. The zero-order valence-electron chi connectivity index (χ0n) is 11.1. The maximum Gasteiger partial charge on any atom is 0.338 e. The SMILES string of the molecule is CC1OCCC1N(C)Cc1ccc(F)c(C(=O)O)c1. The molecule has 2 atom stereocenters. The van der Waals surface area contributed by atoms with E-state index < -0.39 is 11.8 Å². The van der Waals surface area contributed by atoms with Gasteiger partial charge in [0.2, 0.25) is 0 Å². The van der Waals surface area contributed by atoms with Gasteiger partial charge in [0.05, 0.1) is 11.7 Å². The number of benzene rings is 1.